The van der Waals surface area contributed by atoms with Gasteiger partial charge >= 0.3 is 5.97 Å². The molecule has 1 unspecified atom stereocenters. The van der Waals surface area contributed by atoms with E-state index in [0.29, 0.717) is 0 Å². The molecular formula is C11H13ClN2O4. The van der Waals surface area contributed by atoms with E-state index in [4.69, 9.17) is 16.7 Å². The molecule has 0 fully saturated rings. The lowest BCUT2D eigenvalue weighted by Crippen LogP contribution is -2.42. The van der Waals surface area contributed by atoms with Gasteiger partial charge in [-0.25, -0.2) is 0 Å². The molecule has 1 amide bonds. The molecule has 0 spiro atoms. The minimum absolute atomic E-state index is 0.172. The van der Waals surface area contributed by atoms with Crippen LogP contribution in [0.15, 0.2) is 18.5 Å². The molecule has 0 aliphatic heterocycles. The molecule has 0 bridgehead atoms. The average molecular weight is 273 g/mol. The van der Waals surface area contributed by atoms with Crippen LogP contribution < -0.4 is 5.32 Å². The molecule has 7 heteroatoms. The number of hydrogen-bond acceptors (Lipinski definition) is 4. The number of carboxylic acids is 1. The normalized spacial score (nSPS) is 13.7. The van der Waals surface area contributed by atoms with Crippen molar-refractivity contribution in [1.82, 2.24) is 10.3 Å². The van der Waals surface area contributed by atoms with E-state index in [1.807, 2.05) is 0 Å². The number of nitrogens with zero attached hydrogens (tertiary/aromatic N) is 1. The van der Waals surface area contributed by atoms with Gasteiger partial charge < -0.3 is 15.5 Å². The Balaban J connectivity index is 2.62. The molecule has 3 N–H and O–H groups in total. The maximum absolute atomic E-state index is 11.7. The predicted octanol–water partition coefficient (Wildman–Crippen LogP) is 0.690. The zero-order chi connectivity index (χ0) is 13.8. The summed E-state index contributed by atoms with van der Waals surface area (Å²) >= 11 is 5.80. The number of carbonyl (C=O) groups is 2. The third-order valence-corrected chi connectivity index (χ3v) is 2.50. The Morgan fingerprint density at radius 3 is 2.78 bits per heavy atom. The quantitative estimate of drug-likeness (QED) is 0.732. The summed E-state index contributed by atoms with van der Waals surface area (Å²) in [5.41, 5.74) is -1.35. The highest BCUT2D eigenvalue weighted by Gasteiger charge is 2.25. The molecule has 1 aromatic rings. The number of aromatic nitrogens is 1. The van der Waals surface area contributed by atoms with E-state index in [-0.39, 0.29) is 17.1 Å². The number of hydrogen-bond donors (Lipinski definition) is 3. The second kappa shape index (κ2) is 5.79. The maximum Gasteiger partial charge on any atom is 0.306 e. The second-order valence-electron chi connectivity index (χ2n) is 4.11. The Labute approximate surface area is 109 Å². The number of nitrogens with one attached hydrogen (secondary N) is 1. The minimum atomic E-state index is -1.52. The summed E-state index contributed by atoms with van der Waals surface area (Å²) in [6.45, 7) is 1.13. The van der Waals surface area contributed by atoms with Gasteiger partial charge in [-0.15, -0.1) is 0 Å². The minimum Gasteiger partial charge on any atom is -0.481 e. The summed E-state index contributed by atoms with van der Waals surface area (Å²) in [5.74, 6) is -1.66. The zero-order valence-corrected chi connectivity index (χ0v) is 10.4. The average Bonchev–Trinajstić information content (AvgIpc) is 2.25. The van der Waals surface area contributed by atoms with E-state index in [9.17, 15) is 14.7 Å². The highest BCUT2D eigenvalue weighted by atomic mass is 35.5. The summed E-state index contributed by atoms with van der Waals surface area (Å²) < 4.78 is 0. The molecule has 6 nitrogen and oxygen atoms in total. The van der Waals surface area contributed by atoms with E-state index >= 15 is 0 Å². The molecule has 98 valence electrons. The molecule has 1 heterocycles. The van der Waals surface area contributed by atoms with E-state index in [1.54, 1.807) is 0 Å². The van der Waals surface area contributed by atoms with Crippen molar-refractivity contribution >= 4 is 23.5 Å². The number of pyridine rings is 1. The van der Waals surface area contributed by atoms with Crippen molar-refractivity contribution in [2.45, 2.75) is 18.9 Å². The van der Waals surface area contributed by atoms with Crippen LogP contribution in [-0.2, 0) is 4.79 Å². The van der Waals surface area contributed by atoms with Crippen LogP contribution in [0.25, 0.3) is 0 Å². The van der Waals surface area contributed by atoms with Crippen molar-refractivity contribution < 1.29 is 19.8 Å². The predicted molar refractivity (Wildman–Crippen MR) is 64.5 cm³/mol. The van der Waals surface area contributed by atoms with Crippen LogP contribution in [-0.4, -0.2) is 39.2 Å². The molecule has 0 aliphatic rings. The standard InChI is InChI=1S/C11H13ClN2O4/c1-11(18,4-9(15)16)6-14-10(17)7-5-13-3-2-8(7)12/h2-3,5,18H,4,6H2,1H3,(H,14,17)(H,15,16). The van der Waals surface area contributed by atoms with Crippen molar-refractivity contribution in [1.29, 1.82) is 0 Å². The molecule has 0 aromatic carbocycles. The largest absolute Gasteiger partial charge is 0.481 e. The van der Waals surface area contributed by atoms with Gasteiger partial charge in [0.2, 0.25) is 0 Å². The molecule has 1 aromatic heterocycles. The van der Waals surface area contributed by atoms with Crippen molar-refractivity contribution in [3.63, 3.8) is 0 Å². The van der Waals surface area contributed by atoms with Gasteiger partial charge in [-0.05, 0) is 13.0 Å². The first-order chi connectivity index (χ1) is 8.32. The maximum atomic E-state index is 11.7. The summed E-state index contributed by atoms with van der Waals surface area (Å²) in [4.78, 5) is 25.9. The van der Waals surface area contributed by atoms with Gasteiger partial charge in [-0.3, -0.25) is 14.6 Å². The number of rotatable bonds is 5. The van der Waals surface area contributed by atoms with Crippen LogP contribution >= 0.6 is 11.6 Å². The Hall–Kier alpha value is -1.66. The molecule has 0 radical (unpaired) electrons. The van der Waals surface area contributed by atoms with Gasteiger partial charge in [0.25, 0.3) is 5.91 Å². The molecule has 1 atom stereocenters. The van der Waals surface area contributed by atoms with Crippen LogP contribution in [0, 0.1) is 0 Å². The van der Waals surface area contributed by atoms with Crippen molar-refractivity contribution in [2.75, 3.05) is 6.54 Å². The number of carboxylic acid groups (broad SMARTS) is 1. The summed E-state index contributed by atoms with van der Waals surface area (Å²) in [6, 6.07) is 1.46. The number of amides is 1. The van der Waals surface area contributed by atoms with E-state index in [0.717, 1.165) is 0 Å². The first kappa shape index (κ1) is 14.4. The molecule has 18 heavy (non-hydrogen) atoms. The first-order valence-corrected chi connectivity index (χ1v) is 5.51. The highest BCUT2D eigenvalue weighted by Crippen LogP contribution is 2.14. The smallest absolute Gasteiger partial charge is 0.306 e. The summed E-state index contributed by atoms with van der Waals surface area (Å²) in [5, 5.41) is 20.9. The summed E-state index contributed by atoms with van der Waals surface area (Å²) in [7, 11) is 0. The van der Waals surface area contributed by atoms with Gasteiger partial charge in [-0.2, -0.15) is 0 Å². The second-order valence-corrected chi connectivity index (χ2v) is 4.51. The number of carbonyl (C=O) groups excluding carboxylic acids is 1. The number of aliphatic carboxylic acids is 1. The molecular weight excluding hydrogens is 260 g/mol. The first-order valence-electron chi connectivity index (χ1n) is 5.14. The van der Waals surface area contributed by atoms with E-state index in [2.05, 4.69) is 10.3 Å². The SMILES string of the molecule is CC(O)(CNC(=O)c1cnccc1Cl)CC(=O)O. The lowest BCUT2D eigenvalue weighted by molar-refractivity contribution is -0.141. The van der Waals surface area contributed by atoms with Gasteiger partial charge in [0.05, 0.1) is 22.6 Å². The van der Waals surface area contributed by atoms with E-state index < -0.39 is 23.9 Å². The van der Waals surface area contributed by atoms with Crippen molar-refractivity contribution in [3.8, 4) is 0 Å². The third-order valence-electron chi connectivity index (χ3n) is 2.17. The van der Waals surface area contributed by atoms with Crippen molar-refractivity contribution in [3.05, 3.63) is 29.0 Å². The fourth-order valence-corrected chi connectivity index (χ4v) is 1.49. The van der Waals surface area contributed by atoms with Crippen LogP contribution in [0.2, 0.25) is 5.02 Å². The van der Waals surface area contributed by atoms with Crippen molar-refractivity contribution in [2.24, 2.45) is 0 Å². The van der Waals surface area contributed by atoms with E-state index in [1.165, 1.54) is 25.4 Å². The van der Waals surface area contributed by atoms with Gasteiger partial charge in [0, 0.05) is 18.9 Å². The number of aliphatic hydroxyl groups is 1. The lowest BCUT2D eigenvalue weighted by atomic mass is 10.0. The Morgan fingerprint density at radius 2 is 2.22 bits per heavy atom. The molecule has 0 saturated carbocycles. The Kier molecular flexibility index (Phi) is 4.63. The van der Waals surface area contributed by atoms with Gasteiger partial charge in [-0.1, -0.05) is 11.6 Å². The van der Waals surface area contributed by atoms with Crippen LogP contribution in [0.1, 0.15) is 23.7 Å². The fourth-order valence-electron chi connectivity index (χ4n) is 1.30. The van der Waals surface area contributed by atoms with Crippen LogP contribution in [0.5, 0.6) is 0 Å². The van der Waals surface area contributed by atoms with Crippen LogP contribution in [0.4, 0.5) is 0 Å². The topological polar surface area (TPSA) is 99.5 Å². The fraction of sp³-hybridized carbons (Fsp3) is 0.364. The zero-order valence-electron chi connectivity index (χ0n) is 9.68. The monoisotopic (exact) mass is 272 g/mol. The lowest BCUT2D eigenvalue weighted by Gasteiger charge is -2.21. The number of halogens is 1. The Bertz CT molecular complexity index is 462. The molecule has 0 saturated heterocycles. The summed E-state index contributed by atoms with van der Waals surface area (Å²) in [6.07, 6.45) is 2.28. The molecule has 1 rings (SSSR count). The van der Waals surface area contributed by atoms with Gasteiger partial charge in [0.1, 0.15) is 0 Å². The van der Waals surface area contributed by atoms with Crippen LogP contribution in [0.3, 0.4) is 0 Å². The Morgan fingerprint density at radius 1 is 1.56 bits per heavy atom. The molecule has 0 aliphatic carbocycles. The van der Waals surface area contributed by atoms with Gasteiger partial charge in [0.15, 0.2) is 0 Å². The highest BCUT2D eigenvalue weighted by molar-refractivity contribution is 6.33. The third kappa shape index (κ3) is 4.31.